The van der Waals surface area contributed by atoms with E-state index in [0.29, 0.717) is 18.9 Å². The first-order valence-electron chi connectivity index (χ1n) is 7.58. The molecule has 3 rings (SSSR count). The zero-order valence-electron chi connectivity index (χ0n) is 12.1. The number of nitrogens with two attached hydrogens (primary N) is 1. The molecule has 0 saturated carbocycles. The zero-order valence-corrected chi connectivity index (χ0v) is 12.1. The van der Waals surface area contributed by atoms with E-state index >= 15 is 0 Å². The normalized spacial score (nSPS) is 25.0. The zero-order chi connectivity index (χ0) is 14.7. The molecule has 116 valence electrons. The van der Waals surface area contributed by atoms with Gasteiger partial charge < -0.3 is 19.9 Å². The molecule has 1 atom stereocenters. The lowest BCUT2D eigenvalue weighted by molar-refractivity contribution is -0.155. The van der Waals surface area contributed by atoms with Crippen LogP contribution in [0.25, 0.3) is 0 Å². The average Bonchev–Trinajstić information content (AvgIpc) is 2.50. The predicted molar refractivity (Wildman–Crippen MR) is 76.7 cm³/mol. The molecule has 2 aliphatic heterocycles. The summed E-state index contributed by atoms with van der Waals surface area (Å²) in [5, 5.41) is 0. The van der Waals surface area contributed by atoms with Crippen LogP contribution in [0.2, 0.25) is 0 Å². The smallest absolute Gasteiger partial charge is 0.165 e. The molecule has 0 aromatic heterocycles. The Morgan fingerprint density at radius 2 is 2.10 bits per heavy atom. The summed E-state index contributed by atoms with van der Waals surface area (Å²) in [5.41, 5.74) is 6.14. The van der Waals surface area contributed by atoms with Gasteiger partial charge in [0.15, 0.2) is 11.6 Å². The number of hydrogen-bond acceptors (Lipinski definition) is 4. The van der Waals surface area contributed by atoms with E-state index in [-0.39, 0.29) is 17.5 Å². The third-order valence-electron chi connectivity index (χ3n) is 4.38. The topological polar surface area (TPSA) is 53.7 Å². The molecule has 2 aliphatic rings. The van der Waals surface area contributed by atoms with Crippen molar-refractivity contribution in [2.24, 2.45) is 5.73 Å². The third kappa shape index (κ3) is 3.36. The molecular formula is C16H22FNO3. The second-order valence-electron chi connectivity index (χ2n) is 5.85. The van der Waals surface area contributed by atoms with Crippen molar-refractivity contribution in [1.29, 1.82) is 0 Å². The fourth-order valence-electron chi connectivity index (χ4n) is 3.12. The van der Waals surface area contributed by atoms with Gasteiger partial charge >= 0.3 is 0 Å². The van der Waals surface area contributed by atoms with Crippen LogP contribution in [0.1, 0.15) is 31.2 Å². The summed E-state index contributed by atoms with van der Waals surface area (Å²) in [6.45, 7) is 2.45. The Hall–Kier alpha value is -1.17. The highest BCUT2D eigenvalue weighted by molar-refractivity contribution is 5.29. The maximum atomic E-state index is 14.0. The number of hydrogen-bond donors (Lipinski definition) is 1. The second-order valence-corrected chi connectivity index (χ2v) is 5.85. The van der Waals surface area contributed by atoms with Gasteiger partial charge in [-0.1, -0.05) is 6.07 Å². The summed E-state index contributed by atoms with van der Waals surface area (Å²) in [4.78, 5) is 0. The molecule has 1 aromatic carbocycles. The lowest BCUT2D eigenvalue weighted by atomic mass is 9.85. The highest BCUT2D eigenvalue weighted by Crippen LogP contribution is 2.36. The predicted octanol–water partition coefficient (Wildman–Crippen LogP) is 2.39. The quantitative estimate of drug-likeness (QED) is 0.930. The molecule has 2 saturated heterocycles. The molecule has 1 aromatic rings. The summed E-state index contributed by atoms with van der Waals surface area (Å²) >= 11 is 0. The number of benzene rings is 1. The van der Waals surface area contributed by atoms with Crippen LogP contribution in [0.3, 0.4) is 0 Å². The van der Waals surface area contributed by atoms with E-state index in [1.54, 1.807) is 6.07 Å². The van der Waals surface area contributed by atoms with Crippen LogP contribution in [0.5, 0.6) is 5.75 Å². The van der Waals surface area contributed by atoms with Gasteiger partial charge in [-0.15, -0.1) is 0 Å². The Bertz CT molecular complexity index is 483. The van der Waals surface area contributed by atoms with Crippen molar-refractivity contribution >= 4 is 0 Å². The van der Waals surface area contributed by atoms with Crippen LogP contribution in [0.4, 0.5) is 4.39 Å². The van der Waals surface area contributed by atoms with E-state index in [2.05, 4.69) is 0 Å². The molecule has 2 heterocycles. The van der Waals surface area contributed by atoms with E-state index in [0.717, 1.165) is 44.5 Å². The number of rotatable bonds is 3. The van der Waals surface area contributed by atoms with Crippen LogP contribution < -0.4 is 10.5 Å². The van der Waals surface area contributed by atoms with Crippen LogP contribution in [-0.4, -0.2) is 31.5 Å². The molecular weight excluding hydrogens is 273 g/mol. The molecule has 5 heteroatoms. The van der Waals surface area contributed by atoms with Crippen LogP contribution >= 0.6 is 0 Å². The largest absolute Gasteiger partial charge is 0.487 e. The van der Waals surface area contributed by atoms with Crippen LogP contribution in [0.15, 0.2) is 18.2 Å². The summed E-state index contributed by atoms with van der Waals surface area (Å²) in [6, 6.07) is 4.92. The molecule has 2 N–H and O–H groups in total. The molecule has 2 fully saturated rings. The Morgan fingerprint density at radius 3 is 2.81 bits per heavy atom. The Labute approximate surface area is 124 Å². The van der Waals surface area contributed by atoms with Gasteiger partial charge in [-0.3, -0.25) is 0 Å². The first kappa shape index (κ1) is 14.8. The van der Waals surface area contributed by atoms with E-state index in [4.69, 9.17) is 19.9 Å². The fraction of sp³-hybridized carbons (Fsp3) is 0.625. The van der Waals surface area contributed by atoms with E-state index in [9.17, 15) is 4.39 Å². The minimum atomic E-state index is -0.342. The molecule has 0 bridgehead atoms. The van der Waals surface area contributed by atoms with Crippen LogP contribution in [0, 0.1) is 5.82 Å². The minimum Gasteiger partial charge on any atom is -0.487 e. The maximum Gasteiger partial charge on any atom is 0.165 e. The van der Waals surface area contributed by atoms with Gasteiger partial charge in [-0.25, -0.2) is 4.39 Å². The standard InChI is InChI=1S/C16H22FNO3/c17-14-9-12(11-18)1-2-15(14)21-13-3-6-20-16(10-13)4-7-19-8-5-16/h1-2,9,13H,3-8,10-11,18H2. The van der Waals surface area contributed by atoms with Gasteiger partial charge in [0.05, 0.1) is 12.2 Å². The highest BCUT2D eigenvalue weighted by Gasteiger charge is 2.40. The van der Waals surface area contributed by atoms with Crippen molar-refractivity contribution in [2.45, 2.75) is 43.9 Å². The van der Waals surface area contributed by atoms with Gasteiger partial charge in [-0.05, 0) is 30.5 Å². The van der Waals surface area contributed by atoms with Crippen molar-refractivity contribution in [3.05, 3.63) is 29.6 Å². The summed E-state index contributed by atoms with van der Waals surface area (Å²) in [7, 11) is 0. The van der Waals surface area contributed by atoms with Crippen molar-refractivity contribution in [3.63, 3.8) is 0 Å². The first-order valence-corrected chi connectivity index (χ1v) is 7.58. The second kappa shape index (κ2) is 6.30. The Balaban J connectivity index is 1.67. The lowest BCUT2D eigenvalue weighted by Crippen LogP contribution is -2.47. The van der Waals surface area contributed by atoms with Gasteiger partial charge in [0.1, 0.15) is 6.10 Å². The molecule has 4 nitrogen and oxygen atoms in total. The SMILES string of the molecule is NCc1ccc(OC2CCOC3(CCOCC3)C2)c(F)c1. The molecule has 0 amide bonds. The van der Waals surface area contributed by atoms with E-state index < -0.39 is 0 Å². The van der Waals surface area contributed by atoms with Gasteiger partial charge in [0.2, 0.25) is 0 Å². The molecule has 1 unspecified atom stereocenters. The summed E-state index contributed by atoms with van der Waals surface area (Å²) < 4.78 is 31.2. The summed E-state index contributed by atoms with van der Waals surface area (Å²) in [5.74, 6) is -0.0354. The number of halogens is 1. The fourth-order valence-corrected chi connectivity index (χ4v) is 3.12. The monoisotopic (exact) mass is 295 g/mol. The van der Waals surface area contributed by atoms with Crippen molar-refractivity contribution in [3.8, 4) is 5.75 Å². The van der Waals surface area contributed by atoms with E-state index in [1.807, 2.05) is 6.07 Å². The summed E-state index contributed by atoms with van der Waals surface area (Å²) in [6.07, 6.45) is 3.37. The average molecular weight is 295 g/mol. The molecule has 21 heavy (non-hydrogen) atoms. The van der Waals surface area contributed by atoms with Crippen molar-refractivity contribution in [2.75, 3.05) is 19.8 Å². The first-order chi connectivity index (χ1) is 10.2. The van der Waals surface area contributed by atoms with Gasteiger partial charge in [0.25, 0.3) is 0 Å². The minimum absolute atomic E-state index is 0.00456. The maximum absolute atomic E-state index is 14.0. The Morgan fingerprint density at radius 1 is 1.29 bits per heavy atom. The van der Waals surface area contributed by atoms with E-state index in [1.165, 1.54) is 6.07 Å². The third-order valence-corrected chi connectivity index (χ3v) is 4.38. The van der Waals surface area contributed by atoms with Crippen molar-refractivity contribution in [1.82, 2.24) is 0 Å². The molecule has 0 radical (unpaired) electrons. The van der Waals surface area contributed by atoms with Crippen molar-refractivity contribution < 1.29 is 18.6 Å². The lowest BCUT2D eigenvalue weighted by Gasteiger charge is -2.43. The Kier molecular flexibility index (Phi) is 4.42. The molecule has 1 spiro atoms. The van der Waals surface area contributed by atoms with Gasteiger partial charge in [-0.2, -0.15) is 0 Å². The highest BCUT2D eigenvalue weighted by atomic mass is 19.1. The van der Waals surface area contributed by atoms with Crippen LogP contribution in [-0.2, 0) is 16.0 Å². The molecule has 0 aliphatic carbocycles. The number of ether oxygens (including phenoxy) is 3. The van der Waals surface area contributed by atoms with Gasteiger partial charge in [0, 0.05) is 32.6 Å².